The highest BCUT2D eigenvalue weighted by Crippen LogP contribution is 2.37. The van der Waals surface area contributed by atoms with E-state index in [9.17, 15) is 4.79 Å². The molecule has 2 rings (SSSR count). The van der Waals surface area contributed by atoms with E-state index < -0.39 is 5.60 Å². The summed E-state index contributed by atoms with van der Waals surface area (Å²) in [6.45, 7) is 2.60. The largest absolute Gasteiger partial charge is 0.367 e. The van der Waals surface area contributed by atoms with Crippen molar-refractivity contribution >= 4 is 11.6 Å². The molecule has 1 fully saturated rings. The summed E-state index contributed by atoms with van der Waals surface area (Å²) in [6, 6.07) is 1.45. The Kier molecular flexibility index (Phi) is 4.99. The molecule has 0 aromatic carbocycles. The number of ether oxygens (including phenoxy) is 1. The number of rotatable bonds is 4. The molecule has 1 saturated carbocycles. The van der Waals surface area contributed by atoms with Crippen molar-refractivity contribution < 1.29 is 4.74 Å². The highest BCUT2D eigenvalue weighted by atomic mass is 35.5. The molecule has 0 bridgehead atoms. The first kappa shape index (κ1) is 14.5. The Hall–Kier alpha value is -0.870. The highest BCUT2D eigenvalue weighted by Gasteiger charge is 2.36. The monoisotopic (exact) mass is 284 g/mol. The summed E-state index contributed by atoms with van der Waals surface area (Å²) in [7, 11) is 0. The third-order valence-electron chi connectivity index (χ3n) is 3.70. The molecule has 1 aliphatic rings. The molecule has 4 nitrogen and oxygen atoms in total. The van der Waals surface area contributed by atoms with Crippen LogP contribution in [0.25, 0.3) is 0 Å². The topological polar surface area (TPSA) is 55.0 Å². The van der Waals surface area contributed by atoms with E-state index in [0.717, 1.165) is 25.7 Å². The van der Waals surface area contributed by atoms with E-state index in [-0.39, 0.29) is 11.4 Å². The Morgan fingerprint density at radius 2 is 2.05 bits per heavy atom. The van der Waals surface area contributed by atoms with Gasteiger partial charge in [-0.1, -0.05) is 25.7 Å². The molecule has 0 unspecified atom stereocenters. The second kappa shape index (κ2) is 6.53. The second-order valence-corrected chi connectivity index (χ2v) is 5.33. The van der Waals surface area contributed by atoms with Crippen molar-refractivity contribution in [2.24, 2.45) is 0 Å². The molecule has 0 aliphatic heterocycles. The van der Waals surface area contributed by atoms with E-state index in [4.69, 9.17) is 16.3 Å². The molecule has 0 radical (unpaired) electrons. The van der Waals surface area contributed by atoms with Gasteiger partial charge in [-0.05, 0) is 19.8 Å². The van der Waals surface area contributed by atoms with Gasteiger partial charge in [0.15, 0.2) is 0 Å². The predicted molar refractivity (Wildman–Crippen MR) is 75.4 cm³/mol. The zero-order valence-corrected chi connectivity index (χ0v) is 12.1. The number of H-pyrrole nitrogens is 1. The molecule has 1 N–H and O–H groups in total. The van der Waals surface area contributed by atoms with E-state index >= 15 is 0 Å². The van der Waals surface area contributed by atoms with Gasteiger partial charge in [-0.2, -0.15) is 0 Å². The van der Waals surface area contributed by atoms with E-state index in [0.29, 0.717) is 18.1 Å². The summed E-state index contributed by atoms with van der Waals surface area (Å²) in [4.78, 5) is 19.1. The van der Waals surface area contributed by atoms with E-state index in [1.165, 1.54) is 18.9 Å². The maximum Gasteiger partial charge on any atom is 0.251 e. The van der Waals surface area contributed by atoms with Crippen LogP contribution in [0.2, 0.25) is 0 Å². The first-order valence-electron chi connectivity index (χ1n) is 7.01. The molecule has 1 aromatic rings. The van der Waals surface area contributed by atoms with Gasteiger partial charge < -0.3 is 9.72 Å². The number of hydrogen-bond donors (Lipinski definition) is 1. The summed E-state index contributed by atoms with van der Waals surface area (Å²) in [5.74, 6) is 0.901. The third-order valence-corrected chi connectivity index (χ3v) is 3.97. The van der Waals surface area contributed by atoms with Crippen molar-refractivity contribution in [3.05, 3.63) is 27.9 Å². The Bertz CT molecular complexity index is 465. The van der Waals surface area contributed by atoms with Crippen molar-refractivity contribution in [2.75, 3.05) is 6.61 Å². The minimum atomic E-state index is -0.438. The number of hydrogen-bond acceptors (Lipinski definition) is 3. The zero-order chi connectivity index (χ0) is 13.7. The normalized spacial score (nSPS) is 19.1. The molecule has 19 heavy (non-hydrogen) atoms. The van der Waals surface area contributed by atoms with Crippen LogP contribution < -0.4 is 5.56 Å². The molecule has 1 aliphatic carbocycles. The molecule has 1 heterocycles. The fraction of sp³-hybridized carbons (Fsp3) is 0.714. The summed E-state index contributed by atoms with van der Waals surface area (Å²) in [5.41, 5.74) is 0.0275. The van der Waals surface area contributed by atoms with E-state index in [1.54, 1.807) is 0 Å². The lowest BCUT2D eigenvalue weighted by molar-refractivity contribution is -0.0627. The Balaban J connectivity index is 2.42. The van der Waals surface area contributed by atoms with Gasteiger partial charge in [0.1, 0.15) is 11.4 Å². The van der Waals surface area contributed by atoms with Crippen LogP contribution in [0, 0.1) is 0 Å². The third kappa shape index (κ3) is 3.37. The van der Waals surface area contributed by atoms with Gasteiger partial charge in [-0.25, -0.2) is 4.98 Å². The van der Waals surface area contributed by atoms with Crippen LogP contribution in [0.15, 0.2) is 10.9 Å². The lowest BCUT2D eigenvalue weighted by atomic mass is 9.93. The average molecular weight is 285 g/mol. The molecule has 0 saturated heterocycles. The molecule has 106 valence electrons. The van der Waals surface area contributed by atoms with Crippen molar-refractivity contribution in [1.82, 2.24) is 9.97 Å². The van der Waals surface area contributed by atoms with Gasteiger partial charge >= 0.3 is 0 Å². The molecule has 0 atom stereocenters. The lowest BCUT2D eigenvalue weighted by Gasteiger charge is -2.31. The summed E-state index contributed by atoms with van der Waals surface area (Å²) < 4.78 is 6.02. The molecular formula is C14H21ClN2O2. The van der Waals surface area contributed by atoms with E-state index in [2.05, 4.69) is 9.97 Å². The van der Waals surface area contributed by atoms with Gasteiger partial charge in [0.25, 0.3) is 5.56 Å². The number of aromatic amines is 1. The predicted octanol–water partition coefficient (Wildman–Crippen LogP) is 3.09. The van der Waals surface area contributed by atoms with Crippen LogP contribution in [0.5, 0.6) is 0 Å². The number of halogens is 1. The smallest absolute Gasteiger partial charge is 0.251 e. The molecule has 1 aromatic heterocycles. The fourth-order valence-electron chi connectivity index (χ4n) is 2.82. The van der Waals surface area contributed by atoms with Crippen LogP contribution >= 0.6 is 11.6 Å². The van der Waals surface area contributed by atoms with Crippen molar-refractivity contribution in [3.8, 4) is 0 Å². The minimum Gasteiger partial charge on any atom is -0.367 e. The first-order chi connectivity index (χ1) is 9.20. The van der Waals surface area contributed by atoms with Gasteiger partial charge in [0.05, 0.1) is 11.6 Å². The van der Waals surface area contributed by atoms with Gasteiger partial charge in [0, 0.05) is 12.7 Å². The Morgan fingerprint density at radius 3 is 2.63 bits per heavy atom. The maximum absolute atomic E-state index is 11.7. The van der Waals surface area contributed by atoms with Crippen LogP contribution in [0.4, 0.5) is 0 Å². The van der Waals surface area contributed by atoms with Crippen molar-refractivity contribution in [3.63, 3.8) is 0 Å². The molecule has 5 heteroatoms. The number of nitrogens with one attached hydrogen (secondary N) is 1. The van der Waals surface area contributed by atoms with Crippen LogP contribution in [0.3, 0.4) is 0 Å². The minimum absolute atomic E-state index is 0.149. The number of aromatic nitrogens is 2. The zero-order valence-electron chi connectivity index (χ0n) is 11.4. The number of alkyl halides is 1. The highest BCUT2D eigenvalue weighted by molar-refractivity contribution is 6.16. The second-order valence-electron chi connectivity index (χ2n) is 5.06. The van der Waals surface area contributed by atoms with Crippen LogP contribution in [-0.4, -0.2) is 16.6 Å². The first-order valence-corrected chi connectivity index (χ1v) is 7.54. The van der Waals surface area contributed by atoms with Crippen LogP contribution in [-0.2, 0) is 16.2 Å². The van der Waals surface area contributed by atoms with Gasteiger partial charge in [-0.15, -0.1) is 11.6 Å². The fourth-order valence-corrected chi connectivity index (χ4v) is 2.95. The summed E-state index contributed by atoms with van der Waals surface area (Å²) >= 11 is 5.81. The van der Waals surface area contributed by atoms with Crippen molar-refractivity contribution in [1.29, 1.82) is 0 Å². The maximum atomic E-state index is 11.7. The SMILES string of the molecule is CCOC1(c2nc(CCl)cc(=O)[nH]2)CCCCCC1. The standard InChI is InChI=1S/C14H21ClN2O2/c1-2-19-14(7-5-3-4-6-8-14)13-16-11(10-15)9-12(18)17-13/h9H,2-8,10H2,1H3,(H,16,17,18). The molecular weight excluding hydrogens is 264 g/mol. The molecule has 0 amide bonds. The lowest BCUT2D eigenvalue weighted by Crippen LogP contribution is -2.34. The summed E-state index contributed by atoms with van der Waals surface area (Å²) in [6.07, 6.45) is 6.47. The quantitative estimate of drug-likeness (QED) is 0.683. The Labute approximate surface area is 118 Å². The molecule has 0 spiro atoms. The van der Waals surface area contributed by atoms with Crippen molar-refractivity contribution in [2.45, 2.75) is 56.9 Å². The average Bonchev–Trinajstić information content (AvgIpc) is 2.65. The van der Waals surface area contributed by atoms with E-state index in [1.807, 2.05) is 6.92 Å². The Morgan fingerprint density at radius 1 is 1.37 bits per heavy atom. The van der Waals surface area contributed by atoms with Gasteiger partial charge in [0.2, 0.25) is 0 Å². The van der Waals surface area contributed by atoms with Crippen LogP contribution in [0.1, 0.15) is 57.0 Å². The van der Waals surface area contributed by atoms with Gasteiger partial charge in [-0.3, -0.25) is 4.79 Å². The summed E-state index contributed by atoms with van der Waals surface area (Å²) in [5, 5.41) is 0. The number of nitrogens with zero attached hydrogens (tertiary/aromatic N) is 1.